The fourth-order valence-electron chi connectivity index (χ4n) is 2.65. The van der Waals surface area contributed by atoms with Gasteiger partial charge in [-0.1, -0.05) is 58.5 Å². The Balaban J connectivity index is 1.75. The summed E-state index contributed by atoms with van der Waals surface area (Å²) in [4.78, 5) is 24.9. The molecule has 0 spiro atoms. The minimum Gasteiger partial charge on any atom is -0.324 e. The van der Waals surface area contributed by atoms with E-state index in [9.17, 15) is 9.59 Å². The highest BCUT2D eigenvalue weighted by Gasteiger charge is 2.16. The topological polar surface area (TPSA) is 81.3 Å². The monoisotopic (exact) mass is 399 g/mol. The van der Waals surface area contributed by atoms with E-state index in [1.165, 1.54) is 10.1 Å². The number of nitrogens with zero attached hydrogens (tertiary/aromatic N) is 4. The van der Waals surface area contributed by atoms with Crippen molar-refractivity contribution in [1.29, 1.82) is 0 Å². The highest BCUT2D eigenvalue weighted by Crippen LogP contribution is 2.29. The van der Waals surface area contributed by atoms with Crippen LogP contribution in [0.5, 0.6) is 0 Å². The van der Waals surface area contributed by atoms with Crippen molar-refractivity contribution >= 4 is 29.0 Å². The quantitative estimate of drug-likeness (QED) is 0.664. The van der Waals surface area contributed by atoms with Crippen LogP contribution in [0, 0.1) is 0 Å². The van der Waals surface area contributed by atoms with Crippen molar-refractivity contribution < 1.29 is 4.79 Å². The smallest absolute Gasteiger partial charge is 0.324 e. The molecule has 0 saturated heterocycles. The number of fused-ring (bicyclic) bond motifs is 1. The molecule has 1 aromatic carbocycles. The summed E-state index contributed by atoms with van der Waals surface area (Å²) >= 11 is 1.57. The number of thioether (sulfide) groups is 1. The van der Waals surface area contributed by atoms with Crippen molar-refractivity contribution in [2.24, 2.45) is 0 Å². The average Bonchev–Trinajstić information content (AvgIpc) is 2.89. The van der Waals surface area contributed by atoms with Crippen LogP contribution in [0.1, 0.15) is 46.1 Å². The number of rotatable bonds is 5. The maximum Gasteiger partial charge on any atom is 0.367 e. The molecule has 1 N–H and O–H groups in total. The molecule has 3 aromatic rings. The largest absolute Gasteiger partial charge is 0.367 e. The molecular weight excluding hydrogens is 374 g/mol. The molecule has 0 atom stereocenters. The fraction of sp³-hybridized carbons (Fsp3) is 0.400. The number of anilines is 1. The summed E-state index contributed by atoms with van der Waals surface area (Å²) < 4.78 is 2.34. The highest BCUT2D eigenvalue weighted by molar-refractivity contribution is 8.00. The summed E-state index contributed by atoms with van der Waals surface area (Å²) in [6.45, 7) is 10.3. The molecule has 0 radical (unpaired) electrons. The first-order valence-electron chi connectivity index (χ1n) is 9.18. The second-order valence-corrected chi connectivity index (χ2v) is 9.77. The molecule has 8 heteroatoms. The van der Waals surface area contributed by atoms with Gasteiger partial charge in [0.25, 0.3) is 0 Å². The Bertz CT molecular complexity index is 1050. The van der Waals surface area contributed by atoms with Crippen molar-refractivity contribution in [2.75, 3.05) is 5.32 Å². The molecule has 0 saturated carbocycles. The highest BCUT2D eigenvalue weighted by atomic mass is 32.2. The Morgan fingerprint density at radius 2 is 1.79 bits per heavy atom. The molecule has 2 heterocycles. The van der Waals surface area contributed by atoms with Crippen molar-refractivity contribution in [2.45, 2.75) is 56.9 Å². The van der Waals surface area contributed by atoms with Crippen molar-refractivity contribution in [3.63, 3.8) is 0 Å². The van der Waals surface area contributed by atoms with Gasteiger partial charge >= 0.3 is 5.69 Å². The zero-order chi connectivity index (χ0) is 20.5. The van der Waals surface area contributed by atoms with E-state index < -0.39 is 5.69 Å². The lowest BCUT2D eigenvalue weighted by Crippen LogP contribution is -2.29. The average molecular weight is 400 g/mol. The fourth-order valence-corrected chi connectivity index (χ4v) is 3.54. The van der Waals surface area contributed by atoms with Crippen molar-refractivity contribution in [3.05, 3.63) is 52.4 Å². The molecule has 0 aliphatic carbocycles. The van der Waals surface area contributed by atoms with Crippen LogP contribution in [-0.2, 0) is 11.3 Å². The lowest BCUT2D eigenvalue weighted by atomic mass is 10.0. The number of aromatic nitrogens is 4. The van der Waals surface area contributed by atoms with Gasteiger partial charge in [0, 0.05) is 10.4 Å². The van der Waals surface area contributed by atoms with Gasteiger partial charge in [-0.25, -0.2) is 9.48 Å². The molecule has 1 amide bonds. The Morgan fingerprint density at radius 3 is 2.39 bits per heavy atom. The first kappa shape index (κ1) is 20.1. The molecule has 0 bridgehead atoms. The van der Waals surface area contributed by atoms with E-state index in [-0.39, 0.29) is 17.2 Å². The van der Waals surface area contributed by atoms with Gasteiger partial charge in [-0.2, -0.15) is 9.61 Å². The summed E-state index contributed by atoms with van der Waals surface area (Å²) in [7, 11) is 0. The lowest BCUT2D eigenvalue weighted by Gasteiger charge is -2.16. The number of hydrogen-bond donors (Lipinski definition) is 1. The number of nitrogens with one attached hydrogen (secondary N) is 1. The molecule has 7 nitrogen and oxygen atoms in total. The van der Waals surface area contributed by atoms with Crippen LogP contribution < -0.4 is 11.0 Å². The standard InChI is InChI=1S/C20H25N5O2S/c1-13(2)14-6-8-15(9-7-14)21-17(26)12-24-19(27)25-16(22-24)10-11-18(23-25)28-20(3,4)5/h6-11,13H,12H2,1-5H3,(H,21,26). The van der Waals surface area contributed by atoms with E-state index in [1.807, 2.05) is 30.3 Å². The van der Waals surface area contributed by atoms with Gasteiger partial charge < -0.3 is 5.32 Å². The molecule has 148 valence electrons. The summed E-state index contributed by atoms with van der Waals surface area (Å²) in [5.74, 6) is 0.113. The third-order valence-corrected chi connectivity index (χ3v) is 5.02. The number of carbonyl (C=O) groups excluding carboxylic acids is 1. The summed E-state index contributed by atoms with van der Waals surface area (Å²) in [6, 6.07) is 11.2. The van der Waals surface area contributed by atoms with Gasteiger partial charge in [-0.05, 0) is 35.7 Å². The normalized spacial score (nSPS) is 11.9. The molecule has 0 aliphatic heterocycles. The van der Waals surface area contributed by atoms with Gasteiger partial charge in [0.2, 0.25) is 5.91 Å². The number of hydrogen-bond acceptors (Lipinski definition) is 5. The molecule has 0 unspecified atom stereocenters. The minimum absolute atomic E-state index is 0.0225. The third-order valence-electron chi connectivity index (χ3n) is 3.98. The number of carbonyl (C=O) groups is 1. The molecule has 3 rings (SSSR count). The van der Waals surface area contributed by atoms with E-state index in [2.05, 4.69) is 50.1 Å². The van der Waals surface area contributed by atoms with Gasteiger partial charge in [-0.15, -0.1) is 5.10 Å². The third kappa shape index (κ3) is 4.81. The lowest BCUT2D eigenvalue weighted by molar-refractivity contribution is -0.117. The summed E-state index contributed by atoms with van der Waals surface area (Å²) in [6.07, 6.45) is 0. The zero-order valence-electron chi connectivity index (χ0n) is 16.8. The zero-order valence-corrected chi connectivity index (χ0v) is 17.6. The minimum atomic E-state index is -0.434. The SMILES string of the molecule is CC(C)c1ccc(NC(=O)Cn2nc3ccc(SC(C)(C)C)nn3c2=O)cc1. The van der Waals surface area contributed by atoms with E-state index in [1.54, 1.807) is 17.8 Å². The van der Waals surface area contributed by atoms with Crippen LogP contribution >= 0.6 is 11.8 Å². The molecule has 28 heavy (non-hydrogen) atoms. The predicted molar refractivity (Wildman–Crippen MR) is 112 cm³/mol. The Hall–Kier alpha value is -2.61. The van der Waals surface area contributed by atoms with Gasteiger partial charge in [0.15, 0.2) is 5.65 Å². The number of amides is 1. The van der Waals surface area contributed by atoms with Crippen LogP contribution in [0.4, 0.5) is 5.69 Å². The molecule has 0 fully saturated rings. The summed E-state index contributed by atoms with van der Waals surface area (Å²) in [5.41, 5.74) is 1.87. The van der Waals surface area contributed by atoms with Crippen LogP contribution in [0.3, 0.4) is 0 Å². The molecule has 0 aliphatic rings. The first-order valence-corrected chi connectivity index (χ1v) is 10.00. The first-order chi connectivity index (χ1) is 13.1. The molecular formula is C20H25N5O2S. The maximum absolute atomic E-state index is 12.6. The molecule has 2 aromatic heterocycles. The van der Waals surface area contributed by atoms with Gasteiger partial charge in [0.1, 0.15) is 11.6 Å². The van der Waals surface area contributed by atoms with Crippen LogP contribution in [0.15, 0.2) is 46.2 Å². The Morgan fingerprint density at radius 1 is 1.11 bits per heavy atom. The van der Waals surface area contributed by atoms with E-state index in [0.29, 0.717) is 17.3 Å². The predicted octanol–water partition coefficient (Wildman–Crippen LogP) is 3.54. The van der Waals surface area contributed by atoms with Crippen LogP contribution in [0.25, 0.3) is 5.65 Å². The van der Waals surface area contributed by atoms with Gasteiger partial charge in [-0.3, -0.25) is 4.79 Å². The van der Waals surface area contributed by atoms with Crippen LogP contribution in [0.2, 0.25) is 0 Å². The maximum atomic E-state index is 12.6. The van der Waals surface area contributed by atoms with Crippen LogP contribution in [-0.4, -0.2) is 30.0 Å². The van der Waals surface area contributed by atoms with Crippen molar-refractivity contribution in [1.82, 2.24) is 19.4 Å². The van der Waals surface area contributed by atoms with E-state index >= 15 is 0 Å². The Labute approximate surface area is 168 Å². The summed E-state index contributed by atoms with van der Waals surface area (Å²) in [5, 5.41) is 12.1. The second-order valence-electron chi connectivity index (χ2n) is 7.92. The Kier molecular flexibility index (Phi) is 5.60. The number of benzene rings is 1. The second kappa shape index (κ2) is 7.79. The van der Waals surface area contributed by atoms with E-state index in [4.69, 9.17) is 0 Å². The van der Waals surface area contributed by atoms with E-state index in [0.717, 1.165) is 9.71 Å². The van der Waals surface area contributed by atoms with Crippen molar-refractivity contribution in [3.8, 4) is 0 Å². The van der Waals surface area contributed by atoms with Gasteiger partial charge in [0.05, 0.1) is 0 Å².